The van der Waals surface area contributed by atoms with Crippen molar-refractivity contribution in [3.63, 3.8) is 0 Å². The highest BCUT2D eigenvalue weighted by Crippen LogP contribution is 2.31. The fourth-order valence-corrected chi connectivity index (χ4v) is 4.07. The molecule has 0 atom stereocenters. The number of ether oxygens (including phenoxy) is 1. The number of nitrogens with zero attached hydrogens (tertiary/aromatic N) is 1. The van der Waals surface area contributed by atoms with Crippen LogP contribution in [-0.2, 0) is 15.3 Å². The summed E-state index contributed by atoms with van der Waals surface area (Å²) in [7, 11) is 0. The standard InChI is InChI=1S/C18H15NO3S2/c1-12(20)10-22-17(21)14-8-6-13(7-9-14)11-23-18-19-15-4-2-3-5-16(15)24-18/h2-9H,10-11H2,1H3. The van der Waals surface area contributed by atoms with Gasteiger partial charge in [0.15, 0.2) is 10.1 Å². The molecule has 0 bridgehead atoms. The zero-order valence-electron chi connectivity index (χ0n) is 13.0. The van der Waals surface area contributed by atoms with Crippen molar-refractivity contribution in [2.45, 2.75) is 17.0 Å². The summed E-state index contributed by atoms with van der Waals surface area (Å²) in [4.78, 5) is 27.2. The predicted octanol–water partition coefficient (Wildman–Crippen LogP) is 4.33. The highest BCUT2D eigenvalue weighted by molar-refractivity contribution is 8.00. The largest absolute Gasteiger partial charge is 0.454 e. The smallest absolute Gasteiger partial charge is 0.338 e. The van der Waals surface area contributed by atoms with Crippen LogP contribution in [0.2, 0.25) is 0 Å². The second kappa shape index (κ2) is 7.59. The van der Waals surface area contributed by atoms with E-state index >= 15 is 0 Å². The van der Waals surface area contributed by atoms with Gasteiger partial charge in [-0.05, 0) is 36.8 Å². The van der Waals surface area contributed by atoms with Crippen molar-refractivity contribution in [2.24, 2.45) is 0 Å². The van der Waals surface area contributed by atoms with Gasteiger partial charge in [-0.2, -0.15) is 0 Å². The lowest BCUT2D eigenvalue weighted by atomic mass is 10.1. The van der Waals surface area contributed by atoms with Gasteiger partial charge in [0.1, 0.15) is 6.61 Å². The van der Waals surface area contributed by atoms with E-state index < -0.39 is 5.97 Å². The highest BCUT2D eigenvalue weighted by atomic mass is 32.2. The number of ketones is 1. The molecule has 0 aliphatic rings. The summed E-state index contributed by atoms with van der Waals surface area (Å²) in [5.41, 5.74) is 2.57. The van der Waals surface area contributed by atoms with Crippen LogP contribution < -0.4 is 0 Å². The van der Waals surface area contributed by atoms with Gasteiger partial charge in [0.05, 0.1) is 15.8 Å². The number of fused-ring (bicyclic) bond motifs is 1. The molecule has 122 valence electrons. The van der Waals surface area contributed by atoms with Gasteiger partial charge in [0.2, 0.25) is 0 Å². The number of esters is 1. The maximum absolute atomic E-state index is 11.8. The summed E-state index contributed by atoms with van der Waals surface area (Å²) in [6.07, 6.45) is 0. The van der Waals surface area contributed by atoms with Crippen LogP contribution in [0.3, 0.4) is 0 Å². The minimum absolute atomic E-state index is 0.174. The van der Waals surface area contributed by atoms with Gasteiger partial charge < -0.3 is 4.74 Å². The molecule has 0 fully saturated rings. The van der Waals surface area contributed by atoms with Crippen molar-refractivity contribution in [3.8, 4) is 0 Å². The van der Waals surface area contributed by atoms with E-state index in [1.165, 1.54) is 11.6 Å². The minimum atomic E-state index is -0.476. The summed E-state index contributed by atoms with van der Waals surface area (Å²) >= 11 is 3.35. The van der Waals surface area contributed by atoms with Crippen LogP contribution in [0.4, 0.5) is 0 Å². The first kappa shape index (κ1) is 16.7. The summed E-state index contributed by atoms with van der Waals surface area (Å²) in [5, 5.41) is 0. The summed E-state index contributed by atoms with van der Waals surface area (Å²) in [5.74, 6) is 0.130. The Balaban J connectivity index is 1.59. The van der Waals surface area contributed by atoms with Crippen molar-refractivity contribution < 1.29 is 14.3 Å². The number of hydrogen-bond acceptors (Lipinski definition) is 6. The van der Waals surface area contributed by atoms with E-state index in [0.29, 0.717) is 5.56 Å². The molecular formula is C18H15NO3S2. The van der Waals surface area contributed by atoms with Crippen LogP contribution in [-0.4, -0.2) is 23.3 Å². The Kier molecular flexibility index (Phi) is 5.27. The SMILES string of the molecule is CC(=O)COC(=O)c1ccc(CSc2nc3ccccc3s2)cc1. The Morgan fingerprint density at radius 2 is 1.88 bits per heavy atom. The molecule has 1 heterocycles. The van der Waals surface area contributed by atoms with Gasteiger partial charge in [0.25, 0.3) is 0 Å². The number of thioether (sulfide) groups is 1. The van der Waals surface area contributed by atoms with Gasteiger partial charge >= 0.3 is 5.97 Å². The van der Waals surface area contributed by atoms with Crippen molar-refractivity contribution in [2.75, 3.05) is 6.61 Å². The molecule has 6 heteroatoms. The molecule has 3 rings (SSSR count). The number of carbonyl (C=O) groups is 2. The lowest BCUT2D eigenvalue weighted by molar-refractivity contribution is -0.120. The third-order valence-electron chi connectivity index (χ3n) is 3.23. The molecule has 4 nitrogen and oxygen atoms in total. The molecule has 0 spiro atoms. The van der Waals surface area contributed by atoms with Gasteiger partial charge in [-0.1, -0.05) is 36.0 Å². The number of benzene rings is 2. The van der Waals surface area contributed by atoms with Gasteiger partial charge in [-0.3, -0.25) is 4.79 Å². The maximum Gasteiger partial charge on any atom is 0.338 e. The molecular weight excluding hydrogens is 342 g/mol. The zero-order valence-corrected chi connectivity index (χ0v) is 14.7. The third-order valence-corrected chi connectivity index (χ3v) is 5.48. The van der Waals surface area contributed by atoms with Gasteiger partial charge in [-0.15, -0.1) is 11.3 Å². The Morgan fingerprint density at radius 3 is 2.58 bits per heavy atom. The molecule has 0 radical (unpaired) electrons. The number of Topliss-reactive ketones (excluding diaryl/α,β-unsaturated/α-hetero) is 1. The molecule has 0 aliphatic carbocycles. The second-order valence-electron chi connectivity index (χ2n) is 5.21. The quantitative estimate of drug-likeness (QED) is 0.485. The molecule has 0 saturated carbocycles. The van der Waals surface area contributed by atoms with E-state index in [1.54, 1.807) is 35.2 Å². The molecule has 3 aromatic rings. The molecule has 0 N–H and O–H groups in total. The Morgan fingerprint density at radius 1 is 1.12 bits per heavy atom. The number of para-hydroxylation sites is 1. The van der Waals surface area contributed by atoms with Crippen LogP contribution in [0.15, 0.2) is 52.9 Å². The highest BCUT2D eigenvalue weighted by Gasteiger charge is 2.09. The predicted molar refractivity (Wildman–Crippen MR) is 96.6 cm³/mol. The van der Waals surface area contributed by atoms with Crippen molar-refractivity contribution >= 4 is 45.1 Å². The van der Waals surface area contributed by atoms with E-state index in [0.717, 1.165) is 21.2 Å². The summed E-state index contributed by atoms with van der Waals surface area (Å²) in [6, 6.07) is 15.3. The average Bonchev–Trinajstić information content (AvgIpc) is 3.01. The lowest BCUT2D eigenvalue weighted by Gasteiger charge is -2.04. The summed E-state index contributed by atoms with van der Waals surface area (Å²) in [6.45, 7) is 1.20. The normalized spacial score (nSPS) is 10.7. The Labute approximate surface area is 147 Å². The summed E-state index contributed by atoms with van der Waals surface area (Å²) < 4.78 is 7.10. The van der Waals surface area contributed by atoms with E-state index in [9.17, 15) is 9.59 Å². The molecule has 1 aromatic heterocycles. The van der Waals surface area contributed by atoms with Crippen molar-refractivity contribution in [1.29, 1.82) is 0 Å². The molecule has 2 aromatic carbocycles. The monoisotopic (exact) mass is 357 g/mol. The second-order valence-corrected chi connectivity index (χ2v) is 7.46. The van der Waals surface area contributed by atoms with E-state index in [1.807, 2.05) is 30.3 Å². The van der Waals surface area contributed by atoms with Crippen LogP contribution in [0.1, 0.15) is 22.8 Å². The van der Waals surface area contributed by atoms with Crippen LogP contribution in [0.25, 0.3) is 10.2 Å². The van der Waals surface area contributed by atoms with Gasteiger partial charge in [0, 0.05) is 5.75 Å². The minimum Gasteiger partial charge on any atom is -0.454 e. The fourth-order valence-electron chi connectivity index (χ4n) is 2.05. The van der Waals surface area contributed by atoms with Gasteiger partial charge in [-0.25, -0.2) is 9.78 Å². The lowest BCUT2D eigenvalue weighted by Crippen LogP contribution is -2.11. The van der Waals surface area contributed by atoms with Crippen LogP contribution in [0, 0.1) is 0 Å². The molecule has 24 heavy (non-hydrogen) atoms. The molecule has 0 amide bonds. The number of rotatable bonds is 6. The fraction of sp³-hybridized carbons (Fsp3) is 0.167. The first-order valence-corrected chi connectivity index (χ1v) is 9.16. The topological polar surface area (TPSA) is 56.3 Å². The number of carbonyl (C=O) groups excluding carboxylic acids is 2. The number of aromatic nitrogens is 1. The molecule has 0 unspecified atom stereocenters. The first-order chi connectivity index (χ1) is 11.6. The third kappa shape index (κ3) is 4.21. The average molecular weight is 357 g/mol. The van der Waals surface area contributed by atoms with Crippen molar-refractivity contribution in [1.82, 2.24) is 4.98 Å². The zero-order chi connectivity index (χ0) is 16.9. The Hall–Kier alpha value is -2.18. The Bertz CT molecular complexity index is 838. The number of thiazole rings is 1. The number of hydrogen-bond donors (Lipinski definition) is 0. The van der Waals surface area contributed by atoms with E-state index in [-0.39, 0.29) is 12.4 Å². The molecule has 0 saturated heterocycles. The van der Waals surface area contributed by atoms with Crippen LogP contribution in [0.5, 0.6) is 0 Å². The van der Waals surface area contributed by atoms with Crippen molar-refractivity contribution in [3.05, 3.63) is 59.7 Å². The van der Waals surface area contributed by atoms with Crippen LogP contribution >= 0.6 is 23.1 Å². The first-order valence-electron chi connectivity index (χ1n) is 7.36. The van der Waals surface area contributed by atoms with E-state index in [4.69, 9.17) is 4.74 Å². The maximum atomic E-state index is 11.8. The molecule has 0 aliphatic heterocycles. The van der Waals surface area contributed by atoms with E-state index in [2.05, 4.69) is 11.1 Å².